The number of hydrogen-bond acceptors (Lipinski definition) is 2. The van der Waals surface area contributed by atoms with Crippen LogP contribution in [-0.2, 0) is 0 Å². The van der Waals surface area contributed by atoms with Gasteiger partial charge in [-0.3, -0.25) is 0 Å². The van der Waals surface area contributed by atoms with Gasteiger partial charge in [0.25, 0.3) is 0 Å². The third-order valence-electron chi connectivity index (χ3n) is 2.10. The Balaban J connectivity index is 2.16. The molecule has 2 rings (SSSR count). The van der Waals surface area contributed by atoms with Crippen LogP contribution in [0.4, 0.5) is 0 Å². The molecule has 0 aliphatic rings. The Hall–Kier alpha value is -1.09. The number of hydrogen-bond donors (Lipinski definition) is 0. The van der Waals surface area contributed by atoms with Gasteiger partial charge in [0, 0.05) is 16.8 Å². The summed E-state index contributed by atoms with van der Waals surface area (Å²) in [7, 11) is 0. The molecule has 1 aromatic heterocycles. The van der Waals surface area contributed by atoms with Crippen LogP contribution < -0.4 is 4.74 Å². The lowest BCUT2D eigenvalue weighted by Gasteiger charge is -2.04. The second-order valence-electron chi connectivity index (χ2n) is 3.23. The number of benzene rings is 1. The number of pyridine rings is 1. The number of rotatable bonds is 4. The second-order valence-corrected chi connectivity index (χ2v) is 4.03. The second kappa shape index (κ2) is 5.12. The average molecular weight is 266 g/mol. The van der Waals surface area contributed by atoms with Crippen LogP contribution in [0.3, 0.4) is 0 Å². The molecule has 0 radical (unpaired) electrons. The van der Waals surface area contributed by atoms with Crippen LogP contribution >= 0.6 is 15.9 Å². The molecule has 1 heterocycles. The van der Waals surface area contributed by atoms with Crippen LogP contribution in [0.1, 0.15) is 6.42 Å². The SMILES string of the molecule is BrCCCOc1ccc2ccccc2n1. The first kappa shape index (κ1) is 10.4. The van der Waals surface area contributed by atoms with Crippen LogP contribution in [0.15, 0.2) is 36.4 Å². The average Bonchev–Trinajstić information content (AvgIpc) is 2.29. The van der Waals surface area contributed by atoms with Crippen molar-refractivity contribution < 1.29 is 4.74 Å². The van der Waals surface area contributed by atoms with Gasteiger partial charge in [-0.2, -0.15) is 0 Å². The van der Waals surface area contributed by atoms with Gasteiger partial charge in [-0.1, -0.05) is 34.1 Å². The van der Waals surface area contributed by atoms with Gasteiger partial charge in [-0.25, -0.2) is 4.98 Å². The first-order valence-corrected chi connectivity index (χ1v) is 6.07. The molecule has 0 bridgehead atoms. The lowest BCUT2D eigenvalue weighted by molar-refractivity contribution is 0.308. The molecule has 0 amide bonds. The maximum Gasteiger partial charge on any atom is 0.213 e. The lowest BCUT2D eigenvalue weighted by atomic mass is 10.2. The topological polar surface area (TPSA) is 22.1 Å². The van der Waals surface area contributed by atoms with Crippen molar-refractivity contribution in [3.05, 3.63) is 36.4 Å². The van der Waals surface area contributed by atoms with Gasteiger partial charge in [-0.15, -0.1) is 0 Å². The van der Waals surface area contributed by atoms with Crippen molar-refractivity contribution >= 4 is 26.8 Å². The summed E-state index contributed by atoms with van der Waals surface area (Å²) in [4.78, 5) is 4.41. The van der Waals surface area contributed by atoms with Crippen LogP contribution in [-0.4, -0.2) is 16.9 Å². The van der Waals surface area contributed by atoms with E-state index in [0.717, 1.165) is 22.7 Å². The van der Waals surface area contributed by atoms with E-state index in [1.54, 1.807) is 0 Å². The van der Waals surface area contributed by atoms with Gasteiger partial charge in [0.1, 0.15) is 0 Å². The highest BCUT2D eigenvalue weighted by Gasteiger charge is 1.97. The summed E-state index contributed by atoms with van der Waals surface area (Å²) < 4.78 is 5.51. The van der Waals surface area contributed by atoms with Crippen molar-refractivity contribution in [3.63, 3.8) is 0 Å². The third kappa shape index (κ3) is 2.69. The summed E-state index contributed by atoms with van der Waals surface area (Å²) in [6, 6.07) is 12.0. The molecule has 0 aliphatic heterocycles. The number of halogens is 1. The summed E-state index contributed by atoms with van der Waals surface area (Å²) >= 11 is 3.36. The fourth-order valence-electron chi connectivity index (χ4n) is 1.36. The molecule has 0 saturated heterocycles. The monoisotopic (exact) mass is 265 g/mol. The summed E-state index contributed by atoms with van der Waals surface area (Å²) in [5.41, 5.74) is 0.980. The summed E-state index contributed by atoms with van der Waals surface area (Å²) in [5, 5.41) is 2.10. The lowest BCUT2D eigenvalue weighted by Crippen LogP contribution is -1.99. The fraction of sp³-hybridized carbons (Fsp3) is 0.250. The van der Waals surface area contributed by atoms with E-state index < -0.39 is 0 Å². The normalized spacial score (nSPS) is 10.5. The molecule has 1 aromatic carbocycles. The van der Waals surface area contributed by atoms with E-state index in [0.29, 0.717) is 12.5 Å². The summed E-state index contributed by atoms with van der Waals surface area (Å²) in [6.45, 7) is 0.705. The number of fused-ring (bicyclic) bond motifs is 1. The van der Waals surface area contributed by atoms with Crippen LogP contribution in [0.5, 0.6) is 5.88 Å². The van der Waals surface area contributed by atoms with E-state index in [1.165, 1.54) is 0 Å². The molecule has 0 aliphatic carbocycles. The minimum absolute atomic E-state index is 0.703. The molecule has 0 saturated carbocycles. The van der Waals surface area contributed by atoms with E-state index in [4.69, 9.17) is 4.74 Å². The van der Waals surface area contributed by atoms with Crippen molar-refractivity contribution in [2.45, 2.75) is 6.42 Å². The van der Waals surface area contributed by atoms with Gasteiger partial charge in [0.05, 0.1) is 12.1 Å². The fourth-order valence-corrected chi connectivity index (χ4v) is 1.59. The Morgan fingerprint density at radius 1 is 1.13 bits per heavy atom. The van der Waals surface area contributed by atoms with Gasteiger partial charge in [0.15, 0.2) is 0 Å². The van der Waals surface area contributed by atoms with E-state index in [1.807, 2.05) is 36.4 Å². The van der Waals surface area contributed by atoms with Crippen LogP contribution in [0.25, 0.3) is 10.9 Å². The van der Waals surface area contributed by atoms with Crippen molar-refractivity contribution in [1.82, 2.24) is 4.98 Å². The van der Waals surface area contributed by atoms with E-state index in [9.17, 15) is 0 Å². The molecule has 0 unspecified atom stereocenters. The van der Waals surface area contributed by atoms with Crippen LogP contribution in [0, 0.1) is 0 Å². The zero-order chi connectivity index (χ0) is 10.5. The van der Waals surface area contributed by atoms with E-state index in [-0.39, 0.29) is 0 Å². The maximum atomic E-state index is 5.51. The quantitative estimate of drug-likeness (QED) is 0.625. The van der Waals surface area contributed by atoms with E-state index >= 15 is 0 Å². The maximum absolute atomic E-state index is 5.51. The van der Waals surface area contributed by atoms with Gasteiger partial charge < -0.3 is 4.74 Å². The molecule has 2 aromatic rings. The predicted octanol–water partition coefficient (Wildman–Crippen LogP) is 3.40. The number of para-hydroxylation sites is 1. The Labute approximate surface area is 97.4 Å². The Morgan fingerprint density at radius 3 is 2.87 bits per heavy atom. The summed E-state index contributed by atoms with van der Waals surface area (Å²) in [6.07, 6.45) is 0.995. The number of nitrogens with zero attached hydrogens (tertiary/aromatic N) is 1. The molecule has 0 fully saturated rings. The minimum atomic E-state index is 0.703. The van der Waals surface area contributed by atoms with Crippen molar-refractivity contribution in [2.24, 2.45) is 0 Å². The molecule has 3 heteroatoms. The molecule has 15 heavy (non-hydrogen) atoms. The Morgan fingerprint density at radius 2 is 2.00 bits per heavy atom. The third-order valence-corrected chi connectivity index (χ3v) is 2.66. The van der Waals surface area contributed by atoms with Gasteiger partial charge >= 0.3 is 0 Å². The molecule has 78 valence electrons. The first-order valence-electron chi connectivity index (χ1n) is 4.95. The minimum Gasteiger partial charge on any atom is -0.478 e. The first-order chi connectivity index (χ1) is 7.40. The van der Waals surface area contributed by atoms with Gasteiger partial charge in [-0.05, 0) is 18.6 Å². The molecule has 0 N–H and O–H groups in total. The molecular weight excluding hydrogens is 254 g/mol. The largest absolute Gasteiger partial charge is 0.478 e. The predicted molar refractivity (Wildman–Crippen MR) is 65.6 cm³/mol. The zero-order valence-corrected chi connectivity index (χ0v) is 9.90. The smallest absolute Gasteiger partial charge is 0.213 e. The van der Waals surface area contributed by atoms with Gasteiger partial charge in [0.2, 0.25) is 5.88 Å². The molecular formula is C12H12BrNO. The van der Waals surface area contributed by atoms with Crippen LogP contribution in [0.2, 0.25) is 0 Å². The highest BCUT2D eigenvalue weighted by Crippen LogP contribution is 2.15. The highest BCUT2D eigenvalue weighted by atomic mass is 79.9. The zero-order valence-electron chi connectivity index (χ0n) is 8.32. The van der Waals surface area contributed by atoms with Crippen molar-refractivity contribution in [2.75, 3.05) is 11.9 Å². The number of alkyl halides is 1. The summed E-state index contributed by atoms with van der Waals surface area (Å²) in [5.74, 6) is 0.703. The van der Waals surface area contributed by atoms with Crippen molar-refractivity contribution in [3.8, 4) is 5.88 Å². The Bertz CT molecular complexity index is 444. The number of ether oxygens (including phenoxy) is 1. The molecule has 0 spiro atoms. The highest BCUT2D eigenvalue weighted by molar-refractivity contribution is 9.09. The molecule has 2 nitrogen and oxygen atoms in total. The molecule has 0 atom stereocenters. The number of aromatic nitrogens is 1. The van der Waals surface area contributed by atoms with E-state index in [2.05, 4.69) is 20.9 Å². The van der Waals surface area contributed by atoms with Crippen molar-refractivity contribution in [1.29, 1.82) is 0 Å². The Kier molecular flexibility index (Phi) is 3.56. The standard InChI is InChI=1S/C12H12BrNO/c13-8-3-9-15-12-7-6-10-4-1-2-5-11(10)14-12/h1-2,4-7H,3,8-9H2.